The summed E-state index contributed by atoms with van der Waals surface area (Å²) in [4.78, 5) is 50.6. The van der Waals surface area contributed by atoms with E-state index in [1.165, 1.54) is 38.1 Å². The predicted molar refractivity (Wildman–Crippen MR) is 124 cm³/mol. The number of halogens is 1. The van der Waals surface area contributed by atoms with Gasteiger partial charge in [-0.1, -0.05) is 42.5 Å². The van der Waals surface area contributed by atoms with Crippen molar-refractivity contribution >= 4 is 34.5 Å². The van der Waals surface area contributed by atoms with E-state index in [1.54, 1.807) is 12.1 Å². The van der Waals surface area contributed by atoms with Gasteiger partial charge in [-0.3, -0.25) is 30.1 Å². The maximum Gasteiger partial charge on any atom is 0.325 e. The zero-order chi connectivity index (χ0) is 25.2. The first-order valence-electron chi connectivity index (χ1n) is 10.8. The van der Waals surface area contributed by atoms with Gasteiger partial charge in [0.15, 0.2) is 6.10 Å². The summed E-state index contributed by atoms with van der Waals surface area (Å²) in [6, 6.07) is 17.4. The van der Waals surface area contributed by atoms with Crippen LogP contribution in [0, 0.1) is 5.82 Å². The normalized spacial score (nSPS) is 18.2. The maximum atomic E-state index is 13.2. The number of hydrazine groups is 1. The van der Waals surface area contributed by atoms with E-state index in [-0.39, 0.29) is 0 Å². The molecule has 2 unspecified atom stereocenters. The Hall–Kier alpha value is -4.47. The van der Waals surface area contributed by atoms with Gasteiger partial charge < -0.3 is 10.1 Å². The molecule has 35 heavy (non-hydrogen) atoms. The molecule has 0 spiro atoms. The number of nitrogens with zero attached hydrogens (tertiary/aromatic N) is 1. The minimum Gasteiger partial charge on any atom is -0.481 e. The van der Waals surface area contributed by atoms with E-state index >= 15 is 0 Å². The lowest BCUT2D eigenvalue weighted by molar-refractivity contribution is -0.136. The van der Waals surface area contributed by atoms with Gasteiger partial charge in [0, 0.05) is 0 Å². The van der Waals surface area contributed by atoms with Gasteiger partial charge in [0.05, 0.1) is 0 Å². The summed E-state index contributed by atoms with van der Waals surface area (Å²) in [7, 11) is 0. The monoisotopic (exact) mass is 478 g/mol. The number of rotatable bonds is 6. The second-order valence-corrected chi connectivity index (χ2v) is 8.26. The third-order valence-corrected chi connectivity index (χ3v) is 5.73. The number of carbonyl (C=O) groups is 4. The highest BCUT2D eigenvalue weighted by Gasteiger charge is 2.49. The smallest absolute Gasteiger partial charge is 0.325 e. The van der Waals surface area contributed by atoms with Crippen LogP contribution in [0.15, 0.2) is 66.7 Å². The Morgan fingerprint density at radius 3 is 2.43 bits per heavy atom. The van der Waals surface area contributed by atoms with Crippen LogP contribution in [0.25, 0.3) is 10.8 Å². The highest BCUT2D eigenvalue weighted by molar-refractivity contribution is 6.09. The van der Waals surface area contributed by atoms with Crippen molar-refractivity contribution in [3.63, 3.8) is 0 Å². The van der Waals surface area contributed by atoms with Gasteiger partial charge in [0.1, 0.15) is 23.7 Å². The summed E-state index contributed by atoms with van der Waals surface area (Å²) in [5.41, 5.74) is 3.33. The Balaban J connectivity index is 1.31. The maximum absolute atomic E-state index is 13.2. The van der Waals surface area contributed by atoms with Crippen LogP contribution in [0.4, 0.5) is 9.18 Å². The van der Waals surface area contributed by atoms with E-state index < -0.39 is 47.8 Å². The minimum absolute atomic E-state index is 0.369. The average Bonchev–Trinajstić information content (AvgIpc) is 3.06. The first-order valence-corrected chi connectivity index (χ1v) is 10.8. The number of hydrogen-bond donors (Lipinski definition) is 3. The van der Waals surface area contributed by atoms with Gasteiger partial charge in [-0.2, -0.15) is 0 Å². The molecule has 1 aliphatic rings. The molecule has 3 aromatic carbocycles. The summed E-state index contributed by atoms with van der Waals surface area (Å²) in [5, 5.41) is 4.50. The molecule has 1 saturated heterocycles. The van der Waals surface area contributed by atoms with Gasteiger partial charge in [0.2, 0.25) is 0 Å². The number of ether oxygens (including phenoxy) is 1. The molecule has 2 atom stereocenters. The molecule has 1 heterocycles. The van der Waals surface area contributed by atoms with Crippen LogP contribution < -0.4 is 20.9 Å². The fourth-order valence-corrected chi connectivity index (χ4v) is 3.73. The van der Waals surface area contributed by atoms with E-state index in [2.05, 4.69) is 16.2 Å². The SMILES string of the molecule is CC(Oc1ccc2ccccc2c1)C(=O)NNC(=O)CN1C(=O)NC(C)(c2ccc(F)cc2)C1=O. The highest BCUT2D eigenvalue weighted by atomic mass is 19.1. The van der Waals surface area contributed by atoms with Crippen LogP contribution in [0.1, 0.15) is 19.4 Å². The Bertz CT molecular complexity index is 1310. The molecule has 0 aromatic heterocycles. The number of urea groups is 1. The summed E-state index contributed by atoms with van der Waals surface area (Å²) in [6.07, 6.45) is -0.935. The number of carbonyl (C=O) groups excluding carboxylic acids is 4. The molecule has 3 aromatic rings. The van der Waals surface area contributed by atoms with E-state index in [0.29, 0.717) is 11.3 Å². The largest absolute Gasteiger partial charge is 0.481 e. The zero-order valence-electron chi connectivity index (χ0n) is 19.0. The van der Waals surface area contributed by atoms with E-state index in [9.17, 15) is 23.6 Å². The Morgan fingerprint density at radius 1 is 1.03 bits per heavy atom. The number of benzene rings is 3. The summed E-state index contributed by atoms with van der Waals surface area (Å²) in [5.74, 6) is -2.09. The lowest BCUT2D eigenvalue weighted by Gasteiger charge is -2.22. The Labute approximate surface area is 200 Å². The fourth-order valence-electron chi connectivity index (χ4n) is 3.73. The molecule has 0 aliphatic carbocycles. The Kier molecular flexibility index (Phi) is 6.37. The van der Waals surface area contributed by atoms with Crippen molar-refractivity contribution in [2.45, 2.75) is 25.5 Å². The molecule has 9 nitrogen and oxygen atoms in total. The third-order valence-electron chi connectivity index (χ3n) is 5.73. The number of nitrogens with one attached hydrogen (secondary N) is 3. The van der Waals surface area contributed by atoms with Crippen molar-refractivity contribution in [1.29, 1.82) is 0 Å². The number of amides is 5. The molecule has 0 bridgehead atoms. The van der Waals surface area contributed by atoms with Crippen molar-refractivity contribution in [2.24, 2.45) is 0 Å². The average molecular weight is 478 g/mol. The molecule has 0 saturated carbocycles. The van der Waals surface area contributed by atoms with Gasteiger partial charge in [0.25, 0.3) is 17.7 Å². The number of imide groups is 1. The first-order chi connectivity index (χ1) is 16.7. The van der Waals surface area contributed by atoms with Crippen LogP contribution in [0.2, 0.25) is 0 Å². The molecule has 5 amide bonds. The summed E-state index contributed by atoms with van der Waals surface area (Å²) < 4.78 is 18.9. The van der Waals surface area contributed by atoms with Crippen LogP contribution in [0.5, 0.6) is 5.75 Å². The van der Waals surface area contributed by atoms with Crippen LogP contribution >= 0.6 is 0 Å². The fraction of sp³-hybridized carbons (Fsp3) is 0.200. The minimum atomic E-state index is -1.45. The van der Waals surface area contributed by atoms with Crippen LogP contribution in [0.3, 0.4) is 0 Å². The standard InChI is InChI=1S/C25H23FN4O5/c1-15(35-20-12-7-16-5-3-4-6-17(16)13-20)22(32)29-28-21(31)14-30-23(33)25(2,27-24(30)34)18-8-10-19(26)11-9-18/h3-13,15H,14H2,1-2H3,(H,27,34)(H,28,31)(H,29,32). The molecule has 10 heteroatoms. The van der Waals surface area contributed by atoms with Gasteiger partial charge in [-0.15, -0.1) is 0 Å². The molecule has 4 rings (SSSR count). The second-order valence-electron chi connectivity index (χ2n) is 8.26. The van der Waals surface area contributed by atoms with E-state index in [0.717, 1.165) is 15.7 Å². The number of fused-ring (bicyclic) bond motifs is 1. The molecular formula is C25H23FN4O5. The lowest BCUT2D eigenvalue weighted by Crippen LogP contribution is -2.51. The van der Waals surface area contributed by atoms with Crippen molar-refractivity contribution in [2.75, 3.05) is 6.54 Å². The van der Waals surface area contributed by atoms with Crippen LogP contribution in [-0.2, 0) is 19.9 Å². The molecule has 3 N–H and O–H groups in total. The molecule has 1 aliphatic heterocycles. The van der Waals surface area contributed by atoms with Crippen molar-refractivity contribution < 1.29 is 28.3 Å². The second kappa shape index (κ2) is 9.41. The van der Waals surface area contributed by atoms with E-state index in [1.807, 2.05) is 30.3 Å². The first kappa shape index (κ1) is 23.7. The summed E-state index contributed by atoms with van der Waals surface area (Å²) in [6.45, 7) is 2.36. The predicted octanol–water partition coefficient (Wildman–Crippen LogP) is 2.36. The molecule has 1 fully saturated rings. The lowest BCUT2D eigenvalue weighted by atomic mass is 9.92. The van der Waals surface area contributed by atoms with Gasteiger partial charge in [-0.25, -0.2) is 9.18 Å². The van der Waals surface area contributed by atoms with Crippen LogP contribution in [-0.4, -0.2) is 41.3 Å². The Morgan fingerprint density at radius 2 is 1.71 bits per heavy atom. The van der Waals surface area contributed by atoms with Gasteiger partial charge >= 0.3 is 6.03 Å². The highest BCUT2D eigenvalue weighted by Crippen LogP contribution is 2.28. The summed E-state index contributed by atoms with van der Waals surface area (Å²) >= 11 is 0. The number of hydrogen-bond acceptors (Lipinski definition) is 5. The molecule has 0 radical (unpaired) electrons. The molecular weight excluding hydrogens is 455 g/mol. The van der Waals surface area contributed by atoms with E-state index in [4.69, 9.17) is 4.74 Å². The third kappa shape index (κ3) is 4.91. The van der Waals surface area contributed by atoms with Crippen molar-refractivity contribution in [3.8, 4) is 5.75 Å². The quantitative estimate of drug-likeness (QED) is 0.372. The van der Waals surface area contributed by atoms with Gasteiger partial charge in [-0.05, 0) is 54.4 Å². The molecule has 180 valence electrons. The zero-order valence-corrected chi connectivity index (χ0v) is 19.0. The topological polar surface area (TPSA) is 117 Å². The van der Waals surface area contributed by atoms with Crippen molar-refractivity contribution in [1.82, 2.24) is 21.1 Å². The van der Waals surface area contributed by atoms with Crippen molar-refractivity contribution in [3.05, 3.63) is 78.1 Å².